The molecule has 1 saturated heterocycles. The maximum atomic E-state index is 12.1. The summed E-state index contributed by atoms with van der Waals surface area (Å²) in [4.78, 5) is 17.4. The Morgan fingerprint density at radius 1 is 1.35 bits per heavy atom. The normalized spacial score (nSPS) is 23.4. The van der Waals surface area contributed by atoms with Crippen LogP contribution in [-0.4, -0.2) is 37.5 Å². The van der Waals surface area contributed by atoms with Gasteiger partial charge in [0, 0.05) is 31.2 Å². The van der Waals surface area contributed by atoms with Crippen LogP contribution in [0.3, 0.4) is 0 Å². The van der Waals surface area contributed by atoms with E-state index in [1.54, 1.807) is 12.1 Å². The van der Waals surface area contributed by atoms with Crippen molar-refractivity contribution in [3.8, 4) is 0 Å². The summed E-state index contributed by atoms with van der Waals surface area (Å²) in [6, 6.07) is 7.38. The van der Waals surface area contributed by atoms with E-state index in [0.29, 0.717) is 23.9 Å². The number of oxime groups is 1. The Hall–Kier alpha value is -1.59. The molecule has 0 radical (unpaired) electrons. The number of ether oxygens (including phenoxy) is 1. The van der Waals surface area contributed by atoms with Crippen LogP contribution in [0.2, 0.25) is 5.02 Å². The lowest BCUT2D eigenvalue weighted by molar-refractivity contribution is -0.131. The van der Waals surface area contributed by atoms with Crippen molar-refractivity contribution in [2.45, 2.75) is 31.8 Å². The molecule has 5 nitrogen and oxygen atoms in total. The summed E-state index contributed by atoms with van der Waals surface area (Å²) in [5.74, 6) is 0.551. The highest BCUT2D eigenvalue weighted by molar-refractivity contribution is 6.30. The van der Waals surface area contributed by atoms with Crippen molar-refractivity contribution in [1.29, 1.82) is 0 Å². The average molecular weight is 337 g/mol. The van der Waals surface area contributed by atoms with E-state index in [0.717, 1.165) is 43.8 Å². The lowest BCUT2D eigenvalue weighted by Gasteiger charge is -2.11. The summed E-state index contributed by atoms with van der Waals surface area (Å²) in [5.41, 5.74) is 1.72. The van der Waals surface area contributed by atoms with Crippen LogP contribution in [-0.2, 0) is 14.4 Å². The Labute approximate surface area is 141 Å². The predicted molar refractivity (Wildman–Crippen MR) is 88.6 cm³/mol. The zero-order chi connectivity index (χ0) is 16.1. The number of benzene rings is 1. The predicted octanol–water partition coefficient (Wildman–Crippen LogP) is 2.77. The first kappa shape index (κ1) is 16.3. The second-order valence-electron chi connectivity index (χ2n) is 6.01. The van der Waals surface area contributed by atoms with E-state index < -0.39 is 6.10 Å². The third-order valence-corrected chi connectivity index (χ3v) is 4.50. The number of amides is 1. The number of hydrogen-bond acceptors (Lipinski definition) is 4. The molecular formula is C17H21ClN2O3. The molecule has 0 aromatic heterocycles. The molecule has 2 atom stereocenters. The largest absolute Gasteiger partial charge is 0.382 e. The number of nitrogens with one attached hydrogen (secondary N) is 1. The minimum Gasteiger partial charge on any atom is -0.382 e. The summed E-state index contributed by atoms with van der Waals surface area (Å²) in [7, 11) is 0. The molecule has 6 heteroatoms. The quantitative estimate of drug-likeness (QED) is 0.813. The van der Waals surface area contributed by atoms with Crippen LogP contribution in [0, 0.1) is 5.92 Å². The Kier molecular flexibility index (Phi) is 5.51. The molecule has 1 N–H and O–H groups in total. The van der Waals surface area contributed by atoms with Crippen LogP contribution in [0.25, 0.3) is 0 Å². The monoisotopic (exact) mass is 336 g/mol. The summed E-state index contributed by atoms with van der Waals surface area (Å²) in [5, 5.41) is 7.63. The van der Waals surface area contributed by atoms with E-state index in [4.69, 9.17) is 21.2 Å². The number of carbonyl (C=O) groups excluding carboxylic acids is 1. The van der Waals surface area contributed by atoms with Crippen molar-refractivity contribution in [2.24, 2.45) is 11.1 Å². The number of halogens is 1. The van der Waals surface area contributed by atoms with Gasteiger partial charge in [-0.25, -0.2) is 0 Å². The standard InChI is InChI=1S/C17H21ClN2O3/c18-14-5-3-13(4-6-14)15-10-16(23-20-15)17(21)19-8-1-2-12-7-9-22-11-12/h3-6,12,16H,1-2,7-11H2,(H,19,21)/t12-,16-/m1/s1. The second kappa shape index (κ2) is 7.79. The summed E-state index contributed by atoms with van der Waals surface area (Å²) in [6.45, 7) is 2.40. The van der Waals surface area contributed by atoms with Crippen molar-refractivity contribution in [2.75, 3.05) is 19.8 Å². The van der Waals surface area contributed by atoms with Crippen molar-refractivity contribution in [3.63, 3.8) is 0 Å². The molecule has 0 unspecified atom stereocenters. The first-order valence-corrected chi connectivity index (χ1v) is 8.44. The summed E-state index contributed by atoms with van der Waals surface area (Å²) in [6.07, 6.45) is 3.16. The minimum absolute atomic E-state index is 0.0969. The number of hydrogen-bond donors (Lipinski definition) is 1. The Balaban J connectivity index is 1.39. The second-order valence-corrected chi connectivity index (χ2v) is 6.44. The number of rotatable bonds is 6. The van der Waals surface area contributed by atoms with Crippen LogP contribution in [0.15, 0.2) is 29.4 Å². The molecule has 2 aliphatic heterocycles. The average Bonchev–Trinajstić information content (AvgIpc) is 3.24. The minimum atomic E-state index is -0.532. The molecule has 3 rings (SSSR count). The zero-order valence-corrected chi connectivity index (χ0v) is 13.7. The molecule has 1 fully saturated rings. The van der Waals surface area contributed by atoms with E-state index in [9.17, 15) is 4.79 Å². The first-order valence-electron chi connectivity index (χ1n) is 8.06. The van der Waals surface area contributed by atoms with Crippen LogP contribution in [0.5, 0.6) is 0 Å². The van der Waals surface area contributed by atoms with E-state index in [1.807, 2.05) is 12.1 Å². The van der Waals surface area contributed by atoms with Gasteiger partial charge in [0.15, 0.2) is 0 Å². The fraction of sp³-hybridized carbons (Fsp3) is 0.529. The molecule has 2 aliphatic rings. The third-order valence-electron chi connectivity index (χ3n) is 4.25. The highest BCUT2D eigenvalue weighted by atomic mass is 35.5. The van der Waals surface area contributed by atoms with Crippen molar-refractivity contribution in [1.82, 2.24) is 5.32 Å². The van der Waals surface area contributed by atoms with Gasteiger partial charge >= 0.3 is 0 Å². The highest BCUT2D eigenvalue weighted by Crippen LogP contribution is 2.19. The molecule has 23 heavy (non-hydrogen) atoms. The van der Waals surface area contributed by atoms with E-state index in [2.05, 4.69) is 10.5 Å². The third kappa shape index (κ3) is 4.45. The van der Waals surface area contributed by atoms with E-state index >= 15 is 0 Å². The van der Waals surface area contributed by atoms with Gasteiger partial charge in [0.25, 0.3) is 5.91 Å². The molecule has 0 bridgehead atoms. The van der Waals surface area contributed by atoms with Gasteiger partial charge < -0.3 is 14.9 Å². The Morgan fingerprint density at radius 3 is 2.91 bits per heavy atom. The lowest BCUT2D eigenvalue weighted by atomic mass is 10.0. The van der Waals surface area contributed by atoms with Gasteiger partial charge in [-0.1, -0.05) is 28.9 Å². The molecule has 0 saturated carbocycles. The maximum Gasteiger partial charge on any atom is 0.264 e. The van der Waals surface area contributed by atoms with Gasteiger partial charge in [-0.05, 0) is 42.9 Å². The summed E-state index contributed by atoms with van der Waals surface area (Å²) < 4.78 is 5.35. The van der Waals surface area contributed by atoms with Gasteiger partial charge in [0.05, 0.1) is 5.71 Å². The molecule has 1 amide bonds. The lowest BCUT2D eigenvalue weighted by Crippen LogP contribution is -2.35. The van der Waals surface area contributed by atoms with Crippen molar-refractivity contribution in [3.05, 3.63) is 34.9 Å². The van der Waals surface area contributed by atoms with Crippen molar-refractivity contribution < 1.29 is 14.4 Å². The van der Waals surface area contributed by atoms with Crippen LogP contribution in [0.1, 0.15) is 31.2 Å². The fourth-order valence-corrected chi connectivity index (χ4v) is 2.98. The van der Waals surface area contributed by atoms with Gasteiger partial charge in [-0.3, -0.25) is 4.79 Å². The SMILES string of the molecule is O=C(NCCC[C@@H]1CCOC1)[C@H]1CC(c2ccc(Cl)cc2)=NO1. The first-order chi connectivity index (χ1) is 11.2. The molecule has 1 aromatic rings. The van der Waals surface area contributed by atoms with Crippen LogP contribution >= 0.6 is 11.6 Å². The van der Waals surface area contributed by atoms with Gasteiger partial charge in [0.2, 0.25) is 6.10 Å². The van der Waals surface area contributed by atoms with E-state index in [-0.39, 0.29) is 5.91 Å². The number of nitrogens with zero attached hydrogens (tertiary/aromatic N) is 1. The molecule has 2 heterocycles. The van der Waals surface area contributed by atoms with Gasteiger partial charge in [-0.2, -0.15) is 0 Å². The van der Waals surface area contributed by atoms with Crippen LogP contribution in [0.4, 0.5) is 0 Å². The summed E-state index contributed by atoms with van der Waals surface area (Å²) >= 11 is 5.87. The zero-order valence-electron chi connectivity index (χ0n) is 13.0. The fourth-order valence-electron chi connectivity index (χ4n) is 2.86. The number of carbonyl (C=O) groups is 1. The van der Waals surface area contributed by atoms with Gasteiger partial charge in [0.1, 0.15) is 0 Å². The van der Waals surface area contributed by atoms with Crippen LogP contribution < -0.4 is 5.32 Å². The highest BCUT2D eigenvalue weighted by Gasteiger charge is 2.28. The topological polar surface area (TPSA) is 59.9 Å². The Bertz CT molecular complexity index is 568. The molecule has 0 spiro atoms. The Morgan fingerprint density at radius 2 is 2.17 bits per heavy atom. The van der Waals surface area contributed by atoms with E-state index in [1.165, 1.54) is 0 Å². The molecule has 1 aromatic carbocycles. The maximum absolute atomic E-state index is 12.1. The molecular weight excluding hydrogens is 316 g/mol. The molecule has 0 aliphatic carbocycles. The molecule has 124 valence electrons. The van der Waals surface area contributed by atoms with Gasteiger partial charge in [-0.15, -0.1) is 0 Å². The van der Waals surface area contributed by atoms with Crippen molar-refractivity contribution >= 4 is 23.2 Å². The smallest absolute Gasteiger partial charge is 0.264 e.